The molecule has 0 radical (unpaired) electrons. The van der Waals surface area contributed by atoms with Crippen molar-refractivity contribution in [2.45, 2.75) is 53.0 Å². The Bertz CT molecular complexity index is 1090. The molecule has 30 heavy (non-hydrogen) atoms. The first-order valence-corrected chi connectivity index (χ1v) is 10.6. The molecule has 156 valence electrons. The summed E-state index contributed by atoms with van der Waals surface area (Å²) >= 11 is 0. The highest BCUT2D eigenvalue weighted by atomic mass is 31.0. The number of aryl methyl sites for hydroxylation is 1. The molecule has 0 aliphatic rings. The van der Waals surface area contributed by atoms with Crippen LogP contribution < -0.4 is 10.6 Å². The van der Waals surface area contributed by atoms with E-state index in [1.165, 1.54) is 5.56 Å². The first kappa shape index (κ1) is 22.0. The second kappa shape index (κ2) is 8.61. The molecular formula is C24H29N4OP. The lowest BCUT2D eigenvalue weighted by Gasteiger charge is -2.21. The van der Waals surface area contributed by atoms with Gasteiger partial charge in [-0.25, -0.2) is 15.0 Å². The summed E-state index contributed by atoms with van der Waals surface area (Å²) in [6.45, 7) is 12.1. The zero-order valence-corrected chi connectivity index (χ0v) is 19.6. The number of pyridine rings is 1. The van der Waals surface area contributed by atoms with Crippen LogP contribution >= 0.6 is 9.24 Å². The molecular weight excluding hydrogens is 391 g/mol. The molecule has 2 aromatic heterocycles. The molecule has 3 aromatic rings. The van der Waals surface area contributed by atoms with Gasteiger partial charge < -0.3 is 5.32 Å². The van der Waals surface area contributed by atoms with Crippen LogP contribution in [-0.2, 0) is 0 Å². The Morgan fingerprint density at radius 1 is 1.10 bits per heavy atom. The summed E-state index contributed by atoms with van der Waals surface area (Å²) in [7, 11) is 2.76. The molecule has 0 spiro atoms. The quantitative estimate of drug-likeness (QED) is 0.623. The van der Waals surface area contributed by atoms with Crippen LogP contribution in [0.15, 0.2) is 42.9 Å². The van der Waals surface area contributed by atoms with Crippen LogP contribution in [0.1, 0.15) is 62.2 Å². The predicted molar refractivity (Wildman–Crippen MR) is 126 cm³/mol. The number of amides is 1. The fraction of sp³-hybridized carbons (Fsp3) is 0.333. The van der Waals surface area contributed by atoms with E-state index in [4.69, 9.17) is 4.98 Å². The van der Waals surface area contributed by atoms with Crippen molar-refractivity contribution in [1.29, 1.82) is 0 Å². The molecule has 1 atom stereocenters. The molecule has 0 fully saturated rings. The maximum atomic E-state index is 13.0. The zero-order chi connectivity index (χ0) is 22.1. The van der Waals surface area contributed by atoms with E-state index in [-0.39, 0.29) is 17.4 Å². The van der Waals surface area contributed by atoms with Gasteiger partial charge >= 0.3 is 0 Å². The second-order valence-corrected chi connectivity index (χ2v) is 9.50. The minimum atomic E-state index is -0.337. The van der Waals surface area contributed by atoms with E-state index < -0.39 is 0 Å². The van der Waals surface area contributed by atoms with Crippen LogP contribution in [0.25, 0.3) is 22.5 Å². The summed E-state index contributed by atoms with van der Waals surface area (Å²) in [4.78, 5) is 26.6. The number of benzene rings is 1. The van der Waals surface area contributed by atoms with Crippen molar-refractivity contribution in [2.75, 3.05) is 0 Å². The van der Waals surface area contributed by atoms with E-state index in [2.05, 4.69) is 57.4 Å². The van der Waals surface area contributed by atoms with Gasteiger partial charge in [0, 0.05) is 28.4 Å². The van der Waals surface area contributed by atoms with Gasteiger partial charge in [0.2, 0.25) is 0 Å². The van der Waals surface area contributed by atoms with Gasteiger partial charge in [0.1, 0.15) is 6.33 Å². The van der Waals surface area contributed by atoms with Crippen molar-refractivity contribution in [2.24, 2.45) is 0 Å². The molecule has 5 nitrogen and oxygen atoms in total. The average molecular weight is 420 g/mol. The highest BCUT2D eigenvalue weighted by Crippen LogP contribution is 2.29. The monoisotopic (exact) mass is 420 g/mol. The Kier molecular flexibility index (Phi) is 6.33. The van der Waals surface area contributed by atoms with Crippen molar-refractivity contribution in [1.82, 2.24) is 20.3 Å². The summed E-state index contributed by atoms with van der Waals surface area (Å²) in [5, 5.41) is 4.15. The van der Waals surface area contributed by atoms with Gasteiger partial charge in [0.05, 0.1) is 17.1 Å². The van der Waals surface area contributed by atoms with Gasteiger partial charge in [0.15, 0.2) is 0 Å². The van der Waals surface area contributed by atoms with Crippen LogP contribution in [-0.4, -0.2) is 26.4 Å². The van der Waals surface area contributed by atoms with E-state index >= 15 is 0 Å². The topological polar surface area (TPSA) is 67.8 Å². The Labute approximate surface area is 181 Å². The predicted octanol–water partition coefficient (Wildman–Crippen LogP) is 4.67. The van der Waals surface area contributed by atoms with Gasteiger partial charge in [-0.15, -0.1) is 9.24 Å². The second-order valence-electron chi connectivity index (χ2n) is 8.88. The van der Waals surface area contributed by atoms with Crippen molar-refractivity contribution in [3.63, 3.8) is 0 Å². The Hall–Kier alpha value is -2.65. The standard InChI is InChI=1S/C24H29N4OP/c1-14(2)22-18(12-25-13-26-22)20-10-17(23(29)28-24(4,5)6)9-19(27-20)16-8-7-15(3)21(30)11-16/h7-14H,30H2,1-6H3,(H,28,29). The normalized spacial score (nSPS) is 11.6. The summed E-state index contributed by atoms with van der Waals surface area (Å²) < 4.78 is 0. The van der Waals surface area contributed by atoms with E-state index in [1.807, 2.05) is 39.0 Å². The van der Waals surface area contributed by atoms with Crippen molar-refractivity contribution in [3.05, 3.63) is 59.7 Å². The lowest BCUT2D eigenvalue weighted by molar-refractivity contribution is 0.0919. The van der Waals surface area contributed by atoms with E-state index in [9.17, 15) is 4.79 Å². The molecule has 2 heterocycles. The molecule has 1 unspecified atom stereocenters. The fourth-order valence-electron chi connectivity index (χ4n) is 3.16. The van der Waals surface area contributed by atoms with E-state index in [0.29, 0.717) is 11.3 Å². The highest BCUT2D eigenvalue weighted by Gasteiger charge is 2.19. The minimum absolute atomic E-state index is 0.131. The van der Waals surface area contributed by atoms with Gasteiger partial charge in [-0.05, 0) is 62.7 Å². The van der Waals surface area contributed by atoms with Gasteiger partial charge in [-0.1, -0.05) is 26.0 Å². The number of hydrogen-bond acceptors (Lipinski definition) is 4. The number of carbonyl (C=O) groups is 1. The molecule has 3 rings (SSSR count). The first-order valence-electron chi connectivity index (χ1n) is 10.1. The molecule has 0 saturated heterocycles. The summed E-state index contributed by atoms with van der Waals surface area (Å²) in [6, 6.07) is 9.84. The first-order chi connectivity index (χ1) is 14.0. The lowest BCUT2D eigenvalue weighted by atomic mass is 9.99. The molecule has 1 N–H and O–H groups in total. The molecule has 1 amide bonds. The lowest BCUT2D eigenvalue weighted by Crippen LogP contribution is -2.40. The SMILES string of the molecule is Cc1ccc(-c2cc(C(=O)NC(C)(C)C)cc(-c3cncnc3C(C)C)n2)cc1P. The van der Waals surface area contributed by atoms with Crippen molar-refractivity contribution in [3.8, 4) is 22.5 Å². The largest absolute Gasteiger partial charge is 0.347 e. The highest BCUT2D eigenvalue weighted by molar-refractivity contribution is 7.27. The molecule has 0 saturated carbocycles. The molecule has 1 aromatic carbocycles. The van der Waals surface area contributed by atoms with Gasteiger partial charge in [-0.2, -0.15) is 0 Å². The van der Waals surface area contributed by atoms with Crippen molar-refractivity contribution >= 4 is 20.5 Å². The smallest absolute Gasteiger partial charge is 0.251 e. The molecule has 0 aliphatic heterocycles. The van der Waals surface area contributed by atoms with Crippen LogP contribution in [0.2, 0.25) is 0 Å². The van der Waals surface area contributed by atoms with E-state index in [1.54, 1.807) is 12.5 Å². The number of aromatic nitrogens is 3. The number of nitrogens with zero attached hydrogens (tertiary/aromatic N) is 3. The van der Waals surface area contributed by atoms with E-state index in [0.717, 1.165) is 27.8 Å². The molecule has 0 aliphatic carbocycles. The Morgan fingerprint density at radius 2 is 1.80 bits per heavy atom. The maximum Gasteiger partial charge on any atom is 0.251 e. The zero-order valence-electron chi connectivity index (χ0n) is 18.4. The molecule has 6 heteroatoms. The van der Waals surface area contributed by atoms with Gasteiger partial charge in [-0.3, -0.25) is 4.79 Å². The summed E-state index contributed by atoms with van der Waals surface area (Å²) in [5.41, 5.74) is 5.57. The Balaban J connectivity index is 2.21. The third-order valence-electron chi connectivity index (χ3n) is 4.72. The van der Waals surface area contributed by atoms with Crippen LogP contribution in [0.5, 0.6) is 0 Å². The van der Waals surface area contributed by atoms with Crippen LogP contribution in [0, 0.1) is 6.92 Å². The fourth-order valence-corrected chi connectivity index (χ4v) is 3.43. The Morgan fingerprint density at radius 3 is 2.43 bits per heavy atom. The minimum Gasteiger partial charge on any atom is -0.347 e. The van der Waals surface area contributed by atoms with Gasteiger partial charge in [0.25, 0.3) is 5.91 Å². The third kappa shape index (κ3) is 5.09. The number of nitrogens with one attached hydrogen (secondary N) is 1. The molecule has 0 bridgehead atoms. The van der Waals surface area contributed by atoms with Crippen molar-refractivity contribution < 1.29 is 4.79 Å². The average Bonchev–Trinajstić information content (AvgIpc) is 2.68. The van der Waals surface area contributed by atoms with Crippen LogP contribution in [0.3, 0.4) is 0 Å². The number of hydrogen-bond donors (Lipinski definition) is 1. The number of rotatable bonds is 4. The third-order valence-corrected chi connectivity index (χ3v) is 5.34. The summed E-state index contributed by atoms with van der Waals surface area (Å²) in [5.74, 6) is 0.0758. The summed E-state index contributed by atoms with van der Waals surface area (Å²) in [6.07, 6.45) is 3.33. The van der Waals surface area contributed by atoms with Crippen LogP contribution in [0.4, 0.5) is 0 Å². The maximum absolute atomic E-state index is 13.0. The number of carbonyl (C=O) groups excluding carboxylic acids is 1.